The van der Waals surface area contributed by atoms with E-state index in [9.17, 15) is 9.59 Å². The molecule has 0 spiro atoms. The summed E-state index contributed by atoms with van der Waals surface area (Å²) in [6, 6.07) is 7.80. The fourth-order valence-electron chi connectivity index (χ4n) is 2.77. The number of likely N-dealkylation sites (tertiary alicyclic amines) is 1. The number of aryl methyl sites for hydroxylation is 1. The zero-order chi connectivity index (χ0) is 15.2. The lowest BCUT2D eigenvalue weighted by atomic mass is 10.0. The van der Waals surface area contributed by atoms with E-state index < -0.39 is 0 Å². The van der Waals surface area contributed by atoms with Gasteiger partial charge in [-0.25, -0.2) is 4.79 Å². The molecule has 21 heavy (non-hydrogen) atoms. The van der Waals surface area contributed by atoms with Gasteiger partial charge in [-0.2, -0.15) is 0 Å². The van der Waals surface area contributed by atoms with Crippen LogP contribution >= 0.6 is 0 Å². The van der Waals surface area contributed by atoms with Crippen molar-refractivity contribution in [3.63, 3.8) is 0 Å². The Hall–Kier alpha value is -2.04. The third-order valence-corrected chi connectivity index (χ3v) is 4.02. The summed E-state index contributed by atoms with van der Waals surface area (Å²) in [5, 5.41) is 3.06. The number of carbonyl (C=O) groups is 2. The molecule has 1 saturated heterocycles. The molecule has 1 heterocycles. The summed E-state index contributed by atoms with van der Waals surface area (Å²) in [6.45, 7) is 3.33. The van der Waals surface area contributed by atoms with Crippen LogP contribution < -0.4 is 11.1 Å². The van der Waals surface area contributed by atoms with Crippen molar-refractivity contribution in [1.82, 2.24) is 10.2 Å². The Bertz CT molecular complexity index is 508. The molecular formula is C16H23N3O2. The first-order valence-electron chi connectivity index (χ1n) is 7.50. The van der Waals surface area contributed by atoms with Gasteiger partial charge in [-0.05, 0) is 30.4 Å². The second-order valence-corrected chi connectivity index (χ2v) is 5.47. The monoisotopic (exact) mass is 289 g/mol. The number of nitrogens with two attached hydrogens (primary N) is 1. The van der Waals surface area contributed by atoms with Gasteiger partial charge in [-0.1, -0.05) is 31.2 Å². The SMILES string of the molecule is CCc1ccccc1CC(=O)NC1CCN(C(N)=O)CC1. The van der Waals surface area contributed by atoms with Crippen LogP contribution in [0.1, 0.15) is 30.9 Å². The Kier molecular flexibility index (Phi) is 5.20. The Balaban J connectivity index is 1.84. The van der Waals surface area contributed by atoms with Crippen molar-refractivity contribution in [3.8, 4) is 0 Å². The lowest BCUT2D eigenvalue weighted by molar-refractivity contribution is -0.121. The fourth-order valence-corrected chi connectivity index (χ4v) is 2.77. The van der Waals surface area contributed by atoms with Gasteiger partial charge in [-0.3, -0.25) is 4.79 Å². The number of benzene rings is 1. The quantitative estimate of drug-likeness (QED) is 0.880. The number of piperidine rings is 1. The molecular weight excluding hydrogens is 266 g/mol. The van der Waals surface area contributed by atoms with Gasteiger partial charge in [0.05, 0.1) is 6.42 Å². The van der Waals surface area contributed by atoms with Crippen LogP contribution in [-0.4, -0.2) is 36.0 Å². The van der Waals surface area contributed by atoms with Crippen molar-refractivity contribution in [2.75, 3.05) is 13.1 Å². The van der Waals surface area contributed by atoms with Gasteiger partial charge in [0.1, 0.15) is 0 Å². The summed E-state index contributed by atoms with van der Waals surface area (Å²) in [6.07, 6.45) is 2.88. The first kappa shape index (κ1) is 15.4. The Morgan fingerprint density at radius 3 is 2.43 bits per heavy atom. The maximum Gasteiger partial charge on any atom is 0.314 e. The molecule has 0 aromatic heterocycles. The molecule has 0 aliphatic carbocycles. The molecule has 0 saturated carbocycles. The van der Waals surface area contributed by atoms with E-state index in [-0.39, 0.29) is 18.0 Å². The van der Waals surface area contributed by atoms with Gasteiger partial charge in [0.15, 0.2) is 0 Å². The standard InChI is InChI=1S/C16H23N3O2/c1-2-12-5-3-4-6-13(12)11-15(20)18-14-7-9-19(10-8-14)16(17)21/h3-6,14H,2,7-11H2,1H3,(H2,17,21)(H,18,20). The van der Waals surface area contributed by atoms with Gasteiger partial charge in [0.2, 0.25) is 5.91 Å². The van der Waals surface area contributed by atoms with Crippen molar-refractivity contribution in [2.45, 2.75) is 38.6 Å². The van der Waals surface area contributed by atoms with E-state index in [2.05, 4.69) is 18.3 Å². The maximum atomic E-state index is 12.1. The number of hydrogen-bond donors (Lipinski definition) is 2. The highest BCUT2D eigenvalue weighted by atomic mass is 16.2. The highest BCUT2D eigenvalue weighted by Gasteiger charge is 2.22. The van der Waals surface area contributed by atoms with Crippen molar-refractivity contribution in [3.05, 3.63) is 35.4 Å². The summed E-state index contributed by atoms with van der Waals surface area (Å²) >= 11 is 0. The van der Waals surface area contributed by atoms with Crippen LogP contribution in [0.3, 0.4) is 0 Å². The number of nitrogens with one attached hydrogen (secondary N) is 1. The molecule has 1 aliphatic rings. The highest BCUT2D eigenvalue weighted by Crippen LogP contribution is 2.12. The Morgan fingerprint density at radius 1 is 1.24 bits per heavy atom. The van der Waals surface area contributed by atoms with Crippen molar-refractivity contribution in [1.29, 1.82) is 0 Å². The van der Waals surface area contributed by atoms with Gasteiger partial charge < -0.3 is 16.0 Å². The van der Waals surface area contributed by atoms with Crippen molar-refractivity contribution in [2.24, 2.45) is 5.73 Å². The summed E-state index contributed by atoms with van der Waals surface area (Å²) in [5.74, 6) is 0.0495. The minimum Gasteiger partial charge on any atom is -0.353 e. The molecule has 1 aromatic carbocycles. The molecule has 0 atom stereocenters. The fraction of sp³-hybridized carbons (Fsp3) is 0.500. The lowest BCUT2D eigenvalue weighted by Gasteiger charge is -2.31. The number of urea groups is 1. The van der Waals surface area contributed by atoms with E-state index in [0.717, 1.165) is 24.8 Å². The van der Waals surface area contributed by atoms with Crippen LogP contribution in [0.4, 0.5) is 4.79 Å². The van der Waals surface area contributed by atoms with Gasteiger partial charge in [-0.15, -0.1) is 0 Å². The third-order valence-electron chi connectivity index (χ3n) is 4.02. The number of nitrogens with zero attached hydrogens (tertiary/aromatic N) is 1. The van der Waals surface area contributed by atoms with Crippen LogP contribution in [0.15, 0.2) is 24.3 Å². The van der Waals surface area contributed by atoms with Crippen molar-refractivity contribution >= 4 is 11.9 Å². The number of primary amides is 1. The minimum absolute atomic E-state index is 0.0495. The largest absolute Gasteiger partial charge is 0.353 e. The normalized spacial score (nSPS) is 15.8. The molecule has 114 valence electrons. The molecule has 1 aromatic rings. The average Bonchev–Trinajstić information content (AvgIpc) is 2.48. The zero-order valence-electron chi connectivity index (χ0n) is 12.5. The number of hydrogen-bond acceptors (Lipinski definition) is 2. The number of carbonyl (C=O) groups excluding carboxylic acids is 2. The molecule has 5 nitrogen and oxygen atoms in total. The van der Waals surface area contributed by atoms with Crippen LogP contribution in [0.2, 0.25) is 0 Å². The van der Waals surface area contributed by atoms with E-state index in [0.29, 0.717) is 19.5 Å². The molecule has 1 fully saturated rings. The van der Waals surface area contributed by atoms with Gasteiger partial charge >= 0.3 is 6.03 Å². The topological polar surface area (TPSA) is 75.4 Å². The molecule has 0 radical (unpaired) electrons. The summed E-state index contributed by atoms with van der Waals surface area (Å²) < 4.78 is 0. The first-order valence-corrected chi connectivity index (χ1v) is 7.50. The number of amides is 3. The maximum absolute atomic E-state index is 12.1. The predicted molar refractivity (Wildman–Crippen MR) is 81.8 cm³/mol. The molecule has 2 rings (SSSR count). The first-order chi connectivity index (χ1) is 10.1. The minimum atomic E-state index is -0.378. The van der Waals surface area contributed by atoms with E-state index in [1.165, 1.54) is 5.56 Å². The van der Waals surface area contributed by atoms with E-state index in [4.69, 9.17) is 5.73 Å². The summed E-state index contributed by atoms with van der Waals surface area (Å²) in [5.41, 5.74) is 7.56. The van der Waals surface area contributed by atoms with Crippen LogP contribution in [-0.2, 0) is 17.6 Å². The lowest BCUT2D eigenvalue weighted by Crippen LogP contribution is -2.48. The molecule has 5 heteroatoms. The Labute approximate surface area is 125 Å². The molecule has 0 bridgehead atoms. The zero-order valence-corrected chi connectivity index (χ0v) is 12.5. The van der Waals surface area contributed by atoms with E-state index >= 15 is 0 Å². The molecule has 1 aliphatic heterocycles. The van der Waals surface area contributed by atoms with E-state index in [1.807, 2.05) is 18.2 Å². The third kappa shape index (κ3) is 4.21. The molecule has 0 unspecified atom stereocenters. The van der Waals surface area contributed by atoms with Gasteiger partial charge in [0, 0.05) is 19.1 Å². The number of rotatable bonds is 4. The summed E-state index contributed by atoms with van der Waals surface area (Å²) in [4.78, 5) is 24.8. The molecule has 3 N–H and O–H groups in total. The van der Waals surface area contributed by atoms with Gasteiger partial charge in [0.25, 0.3) is 0 Å². The average molecular weight is 289 g/mol. The molecule has 3 amide bonds. The highest BCUT2D eigenvalue weighted by molar-refractivity contribution is 5.79. The van der Waals surface area contributed by atoms with Crippen molar-refractivity contribution < 1.29 is 9.59 Å². The van der Waals surface area contributed by atoms with E-state index in [1.54, 1.807) is 4.90 Å². The summed E-state index contributed by atoms with van der Waals surface area (Å²) in [7, 11) is 0. The second kappa shape index (κ2) is 7.11. The Morgan fingerprint density at radius 2 is 1.86 bits per heavy atom. The smallest absolute Gasteiger partial charge is 0.314 e. The van der Waals surface area contributed by atoms with Crippen LogP contribution in [0, 0.1) is 0 Å². The predicted octanol–water partition coefficient (Wildman–Crippen LogP) is 1.45. The second-order valence-electron chi connectivity index (χ2n) is 5.47. The van der Waals surface area contributed by atoms with Crippen LogP contribution in [0.25, 0.3) is 0 Å². The van der Waals surface area contributed by atoms with Crippen LogP contribution in [0.5, 0.6) is 0 Å².